The van der Waals surface area contributed by atoms with Gasteiger partial charge in [-0.3, -0.25) is 0 Å². The highest BCUT2D eigenvalue weighted by atomic mass is 15.1. The van der Waals surface area contributed by atoms with Gasteiger partial charge in [0.25, 0.3) is 0 Å². The van der Waals surface area contributed by atoms with E-state index in [1.54, 1.807) is 0 Å². The minimum atomic E-state index is 0.575. The molecule has 0 fully saturated rings. The topological polar surface area (TPSA) is 17.8 Å². The van der Waals surface area contributed by atoms with Crippen LogP contribution in [0.4, 0.5) is 0 Å². The maximum atomic E-state index is 4.42. The Hall–Kier alpha value is -1.57. The van der Waals surface area contributed by atoms with Crippen LogP contribution in [-0.4, -0.2) is 9.55 Å². The van der Waals surface area contributed by atoms with Crippen LogP contribution in [0.25, 0.3) is 0 Å². The van der Waals surface area contributed by atoms with Crippen molar-refractivity contribution in [2.24, 2.45) is 5.92 Å². The third-order valence-electron chi connectivity index (χ3n) is 8.57. The number of aromatic nitrogens is 2. The summed E-state index contributed by atoms with van der Waals surface area (Å²) < 4.78 is 2.42. The lowest BCUT2D eigenvalue weighted by Crippen LogP contribution is -2.21. The molecule has 0 spiro atoms. The molecule has 2 heteroatoms. The molecule has 2 nitrogen and oxygen atoms in total. The highest BCUT2D eigenvalue weighted by molar-refractivity contribution is 5.15. The maximum absolute atomic E-state index is 4.42. The zero-order valence-corrected chi connectivity index (χ0v) is 25.4. The Morgan fingerprint density at radius 1 is 0.579 bits per heavy atom. The highest BCUT2D eigenvalue weighted by Crippen LogP contribution is 2.32. The number of benzene rings is 1. The van der Waals surface area contributed by atoms with E-state index in [1.165, 1.54) is 153 Å². The number of hydrogen-bond donors (Lipinski definition) is 0. The summed E-state index contributed by atoms with van der Waals surface area (Å²) in [6.45, 7) is 4.61. The van der Waals surface area contributed by atoms with Crippen LogP contribution in [0, 0.1) is 5.92 Å². The lowest BCUT2D eigenvalue weighted by atomic mass is 9.84. The van der Waals surface area contributed by atoms with Crippen LogP contribution in [0.3, 0.4) is 0 Å². The summed E-state index contributed by atoms with van der Waals surface area (Å²) in [5.74, 6) is 0.694. The Morgan fingerprint density at radius 2 is 1.05 bits per heavy atom. The molecule has 38 heavy (non-hydrogen) atoms. The van der Waals surface area contributed by atoms with Crippen molar-refractivity contribution in [3.8, 4) is 0 Å². The van der Waals surface area contributed by atoms with Gasteiger partial charge in [-0.15, -0.1) is 0 Å². The van der Waals surface area contributed by atoms with Crippen molar-refractivity contribution >= 4 is 0 Å². The van der Waals surface area contributed by atoms with Crippen molar-refractivity contribution in [1.82, 2.24) is 9.55 Å². The Morgan fingerprint density at radius 3 is 1.55 bits per heavy atom. The van der Waals surface area contributed by atoms with Crippen LogP contribution >= 0.6 is 0 Å². The molecule has 0 saturated heterocycles. The normalized spacial score (nSPS) is 13.1. The maximum Gasteiger partial charge on any atom is 0.0948 e. The van der Waals surface area contributed by atoms with E-state index in [1.807, 2.05) is 6.20 Å². The Balaban J connectivity index is 1.64. The minimum absolute atomic E-state index is 0.575. The third-order valence-corrected chi connectivity index (χ3v) is 8.57. The molecule has 0 bridgehead atoms. The van der Waals surface area contributed by atoms with Gasteiger partial charge in [0, 0.05) is 18.4 Å². The minimum Gasteiger partial charge on any atom is -0.334 e. The van der Waals surface area contributed by atoms with Gasteiger partial charge in [-0.1, -0.05) is 173 Å². The number of nitrogens with zero attached hydrogens (tertiary/aromatic N) is 2. The van der Waals surface area contributed by atoms with Crippen molar-refractivity contribution < 1.29 is 0 Å². The monoisotopic (exact) mass is 522 g/mol. The molecule has 2 atom stereocenters. The summed E-state index contributed by atoms with van der Waals surface area (Å²) in [4.78, 5) is 4.42. The van der Waals surface area contributed by atoms with Crippen molar-refractivity contribution in [2.45, 2.75) is 168 Å². The van der Waals surface area contributed by atoms with Crippen LogP contribution in [0.5, 0.6) is 0 Å². The molecular weight excluding hydrogens is 460 g/mol. The molecular formula is C36H62N2. The summed E-state index contributed by atoms with van der Waals surface area (Å²) in [5, 5.41) is 0. The van der Waals surface area contributed by atoms with Crippen LogP contribution in [-0.2, 0) is 6.42 Å². The molecule has 0 radical (unpaired) electrons. The molecule has 0 aliphatic heterocycles. The fourth-order valence-corrected chi connectivity index (χ4v) is 6.18. The van der Waals surface area contributed by atoms with Crippen LogP contribution < -0.4 is 0 Å². The zero-order valence-electron chi connectivity index (χ0n) is 25.4. The molecule has 2 unspecified atom stereocenters. The number of rotatable bonds is 26. The molecule has 1 aromatic carbocycles. The van der Waals surface area contributed by atoms with Crippen molar-refractivity contribution in [3.05, 3.63) is 54.6 Å². The number of unbranched alkanes of at least 4 members (excludes halogenated alkanes) is 18. The van der Waals surface area contributed by atoms with Gasteiger partial charge in [-0.05, 0) is 30.7 Å². The van der Waals surface area contributed by atoms with E-state index in [0.717, 1.165) is 0 Å². The first-order valence-electron chi connectivity index (χ1n) is 16.9. The molecule has 0 aliphatic carbocycles. The van der Waals surface area contributed by atoms with Crippen LogP contribution in [0.1, 0.15) is 167 Å². The smallest absolute Gasteiger partial charge is 0.0948 e. The predicted octanol–water partition coefficient (Wildman–Crippen LogP) is 11.9. The second-order valence-electron chi connectivity index (χ2n) is 12.0. The molecule has 0 aliphatic rings. The molecule has 2 aromatic rings. The van der Waals surface area contributed by atoms with Gasteiger partial charge < -0.3 is 4.57 Å². The number of hydrogen-bond acceptors (Lipinski definition) is 1. The van der Waals surface area contributed by atoms with Crippen molar-refractivity contribution in [3.63, 3.8) is 0 Å². The van der Waals surface area contributed by atoms with Gasteiger partial charge in [0.2, 0.25) is 0 Å². The average molecular weight is 523 g/mol. The fraction of sp³-hybridized carbons (Fsp3) is 0.750. The van der Waals surface area contributed by atoms with E-state index in [2.05, 4.69) is 66.3 Å². The predicted molar refractivity (Wildman–Crippen MR) is 168 cm³/mol. The van der Waals surface area contributed by atoms with E-state index in [-0.39, 0.29) is 0 Å². The standard InChI is InChI=1S/C36H62N2/c1-3-5-7-9-10-11-12-13-14-15-16-17-18-19-20-24-28-35(32-34-26-22-21-23-27-34)36(29-25-8-6-4-2)38-31-30-37-33-38/h21-23,26-27,30-31,33,35-36H,3-20,24-25,28-29,32H2,1-2H3. The highest BCUT2D eigenvalue weighted by Gasteiger charge is 2.23. The largest absolute Gasteiger partial charge is 0.334 e. The molecule has 216 valence electrons. The van der Waals surface area contributed by atoms with Crippen molar-refractivity contribution in [2.75, 3.05) is 0 Å². The average Bonchev–Trinajstić information content (AvgIpc) is 3.48. The second kappa shape index (κ2) is 23.3. The molecule has 1 heterocycles. The van der Waals surface area contributed by atoms with Crippen LogP contribution in [0.15, 0.2) is 49.1 Å². The summed E-state index contributed by atoms with van der Waals surface area (Å²) in [6.07, 6.45) is 38.4. The van der Waals surface area contributed by atoms with E-state index in [4.69, 9.17) is 0 Å². The van der Waals surface area contributed by atoms with E-state index in [9.17, 15) is 0 Å². The summed E-state index contributed by atoms with van der Waals surface area (Å²) in [6, 6.07) is 11.8. The summed E-state index contributed by atoms with van der Waals surface area (Å²) in [5.41, 5.74) is 1.49. The van der Waals surface area contributed by atoms with E-state index >= 15 is 0 Å². The number of imidazole rings is 1. The Bertz CT molecular complexity index is 723. The molecule has 0 amide bonds. The Labute approximate surface area is 237 Å². The quantitative estimate of drug-likeness (QED) is 0.112. The Kier molecular flexibility index (Phi) is 20.0. The molecule has 0 N–H and O–H groups in total. The van der Waals surface area contributed by atoms with Gasteiger partial charge in [0.05, 0.1) is 6.33 Å². The van der Waals surface area contributed by atoms with Gasteiger partial charge in [-0.2, -0.15) is 0 Å². The van der Waals surface area contributed by atoms with E-state index < -0.39 is 0 Å². The zero-order chi connectivity index (χ0) is 26.9. The molecule has 1 aromatic heterocycles. The first-order chi connectivity index (χ1) is 18.8. The van der Waals surface area contributed by atoms with Crippen molar-refractivity contribution in [1.29, 1.82) is 0 Å². The van der Waals surface area contributed by atoms with Gasteiger partial charge >= 0.3 is 0 Å². The second-order valence-corrected chi connectivity index (χ2v) is 12.0. The van der Waals surface area contributed by atoms with E-state index in [0.29, 0.717) is 12.0 Å². The fourth-order valence-electron chi connectivity index (χ4n) is 6.18. The van der Waals surface area contributed by atoms with Gasteiger partial charge in [0.1, 0.15) is 0 Å². The molecule has 0 saturated carbocycles. The first kappa shape index (κ1) is 32.6. The van der Waals surface area contributed by atoms with Gasteiger partial charge in [0.15, 0.2) is 0 Å². The SMILES string of the molecule is CCCCCCCCCCCCCCCCCCC(Cc1ccccc1)C(CCCCCC)n1ccnc1. The van der Waals surface area contributed by atoms with Crippen LogP contribution in [0.2, 0.25) is 0 Å². The first-order valence-corrected chi connectivity index (χ1v) is 16.9. The summed E-state index contributed by atoms with van der Waals surface area (Å²) >= 11 is 0. The lowest BCUT2D eigenvalue weighted by molar-refractivity contribution is 0.275. The lowest BCUT2D eigenvalue weighted by Gasteiger charge is -2.29. The van der Waals surface area contributed by atoms with Gasteiger partial charge in [-0.25, -0.2) is 4.98 Å². The molecule has 2 rings (SSSR count). The summed E-state index contributed by atoms with van der Waals surface area (Å²) in [7, 11) is 0. The third kappa shape index (κ3) is 15.7.